The molecule has 0 saturated carbocycles. The van der Waals surface area contributed by atoms with Crippen molar-refractivity contribution in [2.24, 2.45) is 0 Å². The first kappa shape index (κ1) is 23.7. The van der Waals surface area contributed by atoms with Crippen LogP contribution in [-0.4, -0.2) is 27.2 Å². The zero-order chi connectivity index (χ0) is 24.5. The van der Waals surface area contributed by atoms with Gasteiger partial charge in [-0.25, -0.2) is 9.78 Å². The summed E-state index contributed by atoms with van der Waals surface area (Å²) in [6.45, 7) is 9.41. The van der Waals surface area contributed by atoms with Crippen LogP contribution in [0.2, 0.25) is 0 Å². The Bertz CT molecular complexity index is 1250. The monoisotopic (exact) mass is 476 g/mol. The number of carbonyl (C=O) groups is 1. The Labute approximate surface area is 203 Å². The minimum absolute atomic E-state index is 0.0140. The molecule has 3 aromatic rings. The minimum Gasteiger partial charge on any atom is -0.490 e. The molecule has 0 aliphatic heterocycles. The highest BCUT2D eigenvalue weighted by Crippen LogP contribution is 2.38. The number of benzene rings is 2. The zero-order valence-electron chi connectivity index (χ0n) is 20.0. The number of nitrogens with zero attached hydrogens (tertiary/aromatic N) is 3. The predicted molar refractivity (Wildman–Crippen MR) is 132 cm³/mol. The number of alkyl carbamates (subject to hydrolysis) is 1. The van der Waals surface area contributed by atoms with Gasteiger partial charge in [0.05, 0.1) is 17.7 Å². The summed E-state index contributed by atoms with van der Waals surface area (Å²) in [6, 6.07) is 13.6. The first-order chi connectivity index (χ1) is 16.1. The molecule has 0 bridgehead atoms. The molecule has 0 spiro atoms. The van der Waals surface area contributed by atoms with Crippen molar-refractivity contribution in [2.75, 3.05) is 0 Å². The number of ether oxygens (including phenoxy) is 2. The maximum atomic E-state index is 12.3. The maximum absolute atomic E-state index is 12.3. The number of hydrogen-bond donors (Lipinski definition) is 1. The molecule has 2 aromatic carbocycles. The standard InChI is InChI=1S/C26H28N4O3S/c1-15(2)32-22-12-9-16(13-17(22)14-27)24-29-23(30-34-24)20-8-6-7-19-18(20)10-11-21(19)28-25(31)33-26(3,4)5/h6-9,12-13,15,21H,10-11H2,1-5H3,(H,28,31). The van der Waals surface area contributed by atoms with E-state index < -0.39 is 11.7 Å². The molecule has 1 atom stereocenters. The van der Waals surface area contributed by atoms with Gasteiger partial charge < -0.3 is 14.8 Å². The summed E-state index contributed by atoms with van der Waals surface area (Å²) >= 11 is 1.30. The molecule has 1 aliphatic rings. The molecule has 4 rings (SSSR count). The van der Waals surface area contributed by atoms with Crippen molar-refractivity contribution in [1.29, 1.82) is 5.26 Å². The zero-order valence-corrected chi connectivity index (χ0v) is 20.8. The number of aromatic nitrogens is 2. The summed E-state index contributed by atoms with van der Waals surface area (Å²) in [7, 11) is 0. The first-order valence-electron chi connectivity index (χ1n) is 11.3. The summed E-state index contributed by atoms with van der Waals surface area (Å²) in [4.78, 5) is 17.1. The van der Waals surface area contributed by atoms with Crippen molar-refractivity contribution in [3.8, 4) is 33.8 Å². The number of amides is 1. The van der Waals surface area contributed by atoms with Gasteiger partial charge in [-0.3, -0.25) is 0 Å². The molecule has 0 fully saturated rings. The van der Waals surface area contributed by atoms with Crippen LogP contribution >= 0.6 is 11.5 Å². The molecular formula is C26H28N4O3S. The second-order valence-electron chi connectivity index (χ2n) is 9.52. The number of carbonyl (C=O) groups excluding carboxylic acids is 1. The molecule has 1 unspecified atom stereocenters. The number of nitriles is 1. The fraction of sp³-hybridized carbons (Fsp3) is 0.385. The van der Waals surface area contributed by atoms with Crippen LogP contribution in [0.15, 0.2) is 36.4 Å². The van der Waals surface area contributed by atoms with Gasteiger partial charge in [0.1, 0.15) is 22.4 Å². The van der Waals surface area contributed by atoms with Crippen LogP contribution in [0.25, 0.3) is 22.0 Å². The Morgan fingerprint density at radius 3 is 2.76 bits per heavy atom. The number of nitrogens with one attached hydrogen (secondary N) is 1. The fourth-order valence-corrected chi connectivity index (χ4v) is 4.69. The molecule has 1 aromatic heterocycles. The highest BCUT2D eigenvalue weighted by Gasteiger charge is 2.29. The first-order valence-corrected chi connectivity index (χ1v) is 12.1. The van der Waals surface area contributed by atoms with Crippen LogP contribution in [-0.2, 0) is 11.2 Å². The Hall–Kier alpha value is -3.44. The topological polar surface area (TPSA) is 97.1 Å². The van der Waals surface area contributed by atoms with Gasteiger partial charge >= 0.3 is 6.09 Å². The lowest BCUT2D eigenvalue weighted by Gasteiger charge is -2.22. The molecule has 1 amide bonds. The summed E-state index contributed by atoms with van der Waals surface area (Å²) in [6.07, 6.45) is 1.19. The number of rotatable bonds is 5. The molecule has 1 aliphatic carbocycles. The Morgan fingerprint density at radius 2 is 2.06 bits per heavy atom. The van der Waals surface area contributed by atoms with E-state index in [1.54, 1.807) is 6.07 Å². The maximum Gasteiger partial charge on any atom is 0.408 e. The highest BCUT2D eigenvalue weighted by atomic mass is 32.1. The summed E-state index contributed by atoms with van der Waals surface area (Å²) in [5.41, 5.74) is 3.94. The summed E-state index contributed by atoms with van der Waals surface area (Å²) in [5, 5.41) is 13.3. The van der Waals surface area contributed by atoms with Crippen LogP contribution in [0, 0.1) is 11.3 Å². The van der Waals surface area contributed by atoms with E-state index in [1.807, 2.05) is 65.0 Å². The molecule has 176 valence electrons. The Kier molecular flexibility index (Phi) is 6.58. The third-order valence-corrected chi connectivity index (χ3v) is 6.10. The van der Waals surface area contributed by atoms with E-state index in [4.69, 9.17) is 14.5 Å². The van der Waals surface area contributed by atoms with Crippen molar-refractivity contribution in [3.63, 3.8) is 0 Å². The molecule has 34 heavy (non-hydrogen) atoms. The van der Waals surface area contributed by atoms with Crippen molar-refractivity contribution >= 4 is 17.6 Å². The van der Waals surface area contributed by atoms with E-state index in [0.29, 0.717) is 17.1 Å². The highest BCUT2D eigenvalue weighted by molar-refractivity contribution is 7.09. The van der Waals surface area contributed by atoms with Crippen LogP contribution in [0.1, 0.15) is 63.8 Å². The molecule has 8 heteroatoms. The van der Waals surface area contributed by atoms with Crippen LogP contribution in [0.5, 0.6) is 5.75 Å². The van der Waals surface area contributed by atoms with Crippen molar-refractivity contribution in [3.05, 3.63) is 53.1 Å². The van der Waals surface area contributed by atoms with E-state index >= 15 is 0 Å². The Morgan fingerprint density at radius 1 is 1.26 bits per heavy atom. The minimum atomic E-state index is -0.543. The van der Waals surface area contributed by atoms with Crippen LogP contribution in [0.3, 0.4) is 0 Å². The Balaban J connectivity index is 1.58. The van der Waals surface area contributed by atoms with Crippen molar-refractivity contribution < 1.29 is 14.3 Å². The van der Waals surface area contributed by atoms with E-state index in [2.05, 4.69) is 15.8 Å². The summed E-state index contributed by atoms with van der Waals surface area (Å²) in [5.74, 6) is 1.21. The fourth-order valence-electron chi connectivity index (χ4n) is 4.02. The molecule has 7 nitrogen and oxygen atoms in total. The molecule has 1 N–H and O–H groups in total. The van der Waals surface area contributed by atoms with Gasteiger partial charge in [0, 0.05) is 11.1 Å². The largest absolute Gasteiger partial charge is 0.490 e. The van der Waals surface area contributed by atoms with Gasteiger partial charge in [-0.15, -0.1) is 0 Å². The average Bonchev–Trinajstić information content (AvgIpc) is 3.40. The number of hydrogen-bond acceptors (Lipinski definition) is 7. The second kappa shape index (κ2) is 9.43. The van der Waals surface area contributed by atoms with E-state index in [0.717, 1.165) is 40.1 Å². The lowest BCUT2D eigenvalue weighted by molar-refractivity contribution is 0.0503. The van der Waals surface area contributed by atoms with E-state index in [1.165, 1.54) is 11.5 Å². The summed E-state index contributed by atoms with van der Waals surface area (Å²) < 4.78 is 15.8. The van der Waals surface area contributed by atoms with Gasteiger partial charge in [-0.05, 0) is 88.3 Å². The lowest BCUT2D eigenvalue weighted by Crippen LogP contribution is -2.34. The SMILES string of the molecule is CC(C)Oc1ccc(-c2nc(-c3cccc4c3CCC4NC(=O)OC(C)(C)C)ns2)cc1C#N. The van der Waals surface area contributed by atoms with Gasteiger partial charge in [0.2, 0.25) is 0 Å². The quantitative estimate of drug-likeness (QED) is 0.482. The van der Waals surface area contributed by atoms with Crippen molar-refractivity contribution in [2.45, 2.75) is 65.2 Å². The molecule has 0 saturated heterocycles. The molecule has 0 radical (unpaired) electrons. The van der Waals surface area contributed by atoms with Crippen LogP contribution in [0.4, 0.5) is 4.79 Å². The van der Waals surface area contributed by atoms with Crippen molar-refractivity contribution in [1.82, 2.24) is 14.7 Å². The second-order valence-corrected chi connectivity index (χ2v) is 10.3. The van der Waals surface area contributed by atoms with Gasteiger partial charge in [-0.1, -0.05) is 18.2 Å². The van der Waals surface area contributed by atoms with Gasteiger partial charge in [0.15, 0.2) is 5.82 Å². The van der Waals surface area contributed by atoms with E-state index in [9.17, 15) is 10.1 Å². The smallest absolute Gasteiger partial charge is 0.408 e. The van der Waals surface area contributed by atoms with E-state index in [-0.39, 0.29) is 12.1 Å². The third-order valence-electron chi connectivity index (χ3n) is 5.34. The lowest BCUT2D eigenvalue weighted by atomic mass is 10.0. The number of fused-ring (bicyclic) bond motifs is 1. The normalized spacial score (nSPS) is 15.0. The van der Waals surface area contributed by atoms with Crippen LogP contribution < -0.4 is 10.1 Å². The average molecular weight is 477 g/mol. The third kappa shape index (κ3) is 5.20. The predicted octanol–water partition coefficient (Wildman–Crippen LogP) is 6.04. The molecular weight excluding hydrogens is 448 g/mol. The van der Waals surface area contributed by atoms with Gasteiger partial charge in [-0.2, -0.15) is 9.64 Å². The van der Waals surface area contributed by atoms with Gasteiger partial charge in [0.25, 0.3) is 0 Å². The molecule has 1 heterocycles.